The Hall–Kier alpha value is -1.93. The van der Waals surface area contributed by atoms with Crippen molar-refractivity contribution in [2.75, 3.05) is 20.6 Å². The predicted molar refractivity (Wildman–Crippen MR) is 90.4 cm³/mol. The number of benzene rings is 2. The highest BCUT2D eigenvalue weighted by Gasteiger charge is 2.39. The van der Waals surface area contributed by atoms with Crippen LogP contribution in [0.3, 0.4) is 0 Å². The van der Waals surface area contributed by atoms with Crippen LogP contribution >= 0.6 is 0 Å². The first kappa shape index (κ1) is 15.0. The lowest BCUT2D eigenvalue weighted by atomic mass is 9.65. The number of carbonyl (C=O) groups is 1. The molecular formula is C20H23NO. The summed E-state index contributed by atoms with van der Waals surface area (Å²) in [5.74, 6) is 0.282. The maximum atomic E-state index is 12.7. The Morgan fingerprint density at radius 1 is 0.955 bits per heavy atom. The van der Waals surface area contributed by atoms with Gasteiger partial charge in [-0.05, 0) is 44.6 Å². The summed E-state index contributed by atoms with van der Waals surface area (Å²) in [7, 11) is 4.19. The molecule has 0 spiro atoms. The van der Waals surface area contributed by atoms with Gasteiger partial charge in [-0.3, -0.25) is 4.79 Å². The third-order valence-corrected chi connectivity index (χ3v) is 4.77. The maximum absolute atomic E-state index is 12.7. The van der Waals surface area contributed by atoms with Gasteiger partial charge in [-0.2, -0.15) is 0 Å². The number of carbonyl (C=O) groups excluding carboxylic acids is 1. The lowest BCUT2D eigenvalue weighted by Crippen LogP contribution is -2.39. The van der Waals surface area contributed by atoms with Gasteiger partial charge in [0.15, 0.2) is 5.78 Å². The highest BCUT2D eigenvalue weighted by atomic mass is 16.1. The Morgan fingerprint density at radius 3 is 2.36 bits per heavy atom. The summed E-state index contributed by atoms with van der Waals surface area (Å²) < 4.78 is 0. The number of hydrogen-bond donors (Lipinski definition) is 0. The Morgan fingerprint density at radius 2 is 1.64 bits per heavy atom. The molecule has 0 saturated heterocycles. The summed E-state index contributed by atoms with van der Waals surface area (Å²) in [6.45, 7) is 0.990. The first-order valence-electron chi connectivity index (χ1n) is 7.92. The largest absolute Gasteiger partial charge is 0.309 e. The predicted octanol–water partition coefficient (Wildman–Crippen LogP) is 3.71. The van der Waals surface area contributed by atoms with Gasteiger partial charge in [0.25, 0.3) is 0 Å². The molecule has 0 bridgehead atoms. The van der Waals surface area contributed by atoms with Crippen LogP contribution in [0.5, 0.6) is 0 Å². The SMILES string of the molecule is CN(C)CCC1(c2ccccc2)CC(=O)c2ccccc2C1. The molecule has 1 aliphatic carbocycles. The zero-order valence-electron chi connectivity index (χ0n) is 13.4. The van der Waals surface area contributed by atoms with Gasteiger partial charge in [0.1, 0.15) is 0 Å². The minimum Gasteiger partial charge on any atom is -0.309 e. The van der Waals surface area contributed by atoms with Crippen LogP contribution in [0.2, 0.25) is 0 Å². The number of Topliss-reactive ketones (excluding diaryl/α,β-unsaturated/α-hetero) is 1. The van der Waals surface area contributed by atoms with Crippen LogP contribution in [0, 0.1) is 0 Å². The molecule has 1 atom stereocenters. The zero-order chi connectivity index (χ0) is 15.6. The summed E-state index contributed by atoms with van der Waals surface area (Å²) >= 11 is 0. The van der Waals surface area contributed by atoms with Gasteiger partial charge in [0.05, 0.1) is 0 Å². The highest BCUT2D eigenvalue weighted by Crippen LogP contribution is 2.41. The van der Waals surface area contributed by atoms with E-state index in [2.05, 4.69) is 49.3 Å². The molecule has 0 amide bonds. The molecule has 2 heteroatoms. The summed E-state index contributed by atoms with van der Waals surface area (Å²) in [4.78, 5) is 14.9. The summed E-state index contributed by atoms with van der Waals surface area (Å²) in [6, 6.07) is 18.6. The van der Waals surface area contributed by atoms with Crippen molar-refractivity contribution in [1.82, 2.24) is 4.90 Å². The van der Waals surface area contributed by atoms with E-state index in [-0.39, 0.29) is 11.2 Å². The van der Waals surface area contributed by atoms with Gasteiger partial charge < -0.3 is 4.90 Å². The Balaban J connectivity index is 2.03. The van der Waals surface area contributed by atoms with Gasteiger partial charge >= 0.3 is 0 Å². The molecular weight excluding hydrogens is 270 g/mol. The fraction of sp³-hybridized carbons (Fsp3) is 0.350. The molecule has 3 rings (SSSR count). The van der Waals surface area contributed by atoms with E-state index in [1.54, 1.807) is 0 Å². The molecule has 2 nitrogen and oxygen atoms in total. The van der Waals surface area contributed by atoms with Crippen molar-refractivity contribution in [1.29, 1.82) is 0 Å². The van der Waals surface area contributed by atoms with Crippen LogP contribution < -0.4 is 0 Å². The fourth-order valence-corrected chi connectivity index (χ4v) is 3.53. The summed E-state index contributed by atoms with van der Waals surface area (Å²) in [5.41, 5.74) is 3.33. The Kier molecular flexibility index (Phi) is 4.12. The zero-order valence-corrected chi connectivity index (χ0v) is 13.4. The Labute approximate surface area is 132 Å². The monoisotopic (exact) mass is 293 g/mol. The van der Waals surface area contributed by atoms with E-state index >= 15 is 0 Å². The fourth-order valence-electron chi connectivity index (χ4n) is 3.53. The molecule has 114 valence electrons. The van der Waals surface area contributed by atoms with Crippen LogP contribution in [0.4, 0.5) is 0 Å². The molecule has 1 unspecified atom stereocenters. The molecule has 1 aliphatic rings. The van der Waals surface area contributed by atoms with E-state index < -0.39 is 0 Å². The van der Waals surface area contributed by atoms with E-state index in [0.717, 1.165) is 24.9 Å². The molecule has 0 aromatic heterocycles. The quantitative estimate of drug-likeness (QED) is 0.856. The number of fused-ring (bicyclic) bond motifs is 1. The van der Waals surface area contributed by atoms with Crippen molar-refractivity contribution in [2.24, 2.45) is 0 Å². The Bertz CT molecular complexity index is 662. The number of rotatable bonds is 4. The normalized spacial score (nSPS) is 21.0. The standard InChI is InChI=1S/C20H23NO/c1-21(2)13-12-20(17-9-4-3-5-10-17)14-16-8-6-7-11-18(16)19(22)15-20/h3-11H,12-15H2,1-2H3. The molecule has 0 aliphatic heterocycles. The van der Waals surface area contributed by atoms with E-state index in [1.807, 2.05) is 24.3 Å². The molecule has 0 radical (unpaired) electrons. The minimum absolute atomic E-state index is 0.0725. The molecule has 2 aromatic rings. The van der Waals surface area contributed by atoms with Gasteiger partial charge in [-0.1, -0.05) is 54.6 Å². The lowest BCUT2D eigenvalue weighted by Gasteiger charge is -2.39. The van der Waals surface area contributed by atoms with Crippen molar-refractivity contribution < 1.29 is 4.79 Å². The van der Waals surface area contributed by atoms with Crippen LogP contribution in [0.25, 0.3) is 0 Å². The third-order valence-electron chi connectivity index (χ3n) is 4.77. The minimum atomic E-state index is -0.0725. The van der Waals surface area contributed by atoms with E-state index in [9.17, 15) is 4.79 Å². The second-order valence-electron chi connectivity index (χ2n) is 6.63. The van der Waals surface area contributed by atoms with Crippen molar-refractivity contribution in [3.05, 3.63) is 71.3 Å². The summed E-state index contributed by atoms with van der Waals surface area (Å²) in [5, 5.41) is 0. The molecule has 0 N–H and O–H groups in total. The molecule has 22 heavy (non-hydrogen) atoms. The number of hydrogen-bond acceptors (Lipinski definition) is 2. The molecule has 0 fully saturated rings. The van der Waals surface area contributed by atoms with Crippen molar-refractivity contribution >= 4 is 5.78 Å². The topological polar surface area (TPSA) is 20.3 Å². The van der Waals surface area contributed by atoms with E-state index in [1.165, 1.54) is 11.1 Å². The average Bonchev–Trinajstić information content (AvgIpc) is 2.54. The average molecular weight is 293 g/mol. The van der Waals surface area contributed by atoms with Gasteiger partial charge in [-0.25, -0.2) is 0 Å². The van der Waals surface area contributed by atoms with E-state index in [4.69, 9.17) is 0 Å². The van der Waals surface area contributed by atoms with Crippen LogP contribution in [0.15, 0.2) is 54.6 Å². The van der Waals surface area contributed by atoms with Crippen molar-refractivity contribution in [2.45, 2.75) is 24.7 Å². The van der Waals surface area contributed by atoms with Crippen LogP contribution in [0.1, 0.15) is 34.3 Å². The third kappa shape index (κ3) is 2.84. The smallest absolute Gasteiger partial charge is 0.164 e. The van der Waals surface area contributed by atoms with Gasteiger partial charge in [0, 0.05) is 17.4 Å². The molecule has 0 saturated carbocycles. The lowest BCUT2D eigenvalue weighted by molar-refractivity contribution is 0.0924. The highest BCUT2D eigenvalue weighted by molar-refractivity contribution is 5.99. The second kappa shape index (κ2) is 6.05. The van der Waals surface area contributed by atoms with Crippen molar-refractivity contribution in [3.8, 4) is 0 Å². The van der Waals surface area contributed by atoms with Gasteiger partial charge in [-0.15, -0.1) is 0 Å². The number of nitrogens with zero attached hydrogens (tertiary/aromatic N) is 1. The molecule has 0 heterocycles. The van der Waals surface area contributed by atoms with Crippen LogP contribution in [-0.4, -0.2) is 31.3 Å². The van der Waals surface area contributed by atoms with Gasteiger partial charge in [0.2, 0.25) is 0 Å². The summed E-state index contributed by atoms with van der Waals surface area (Å²) in [6.07, 6.45) is 2.57. The van der Waals surface area contributed by atoms with Crippen molar-refractivity contribution in [3.63, 3.8) is 0 Å². The van der Waals surface area contributed by atoms with E-state index in [0.29, 0.717) is 6.42 Å². The maximum Gasteiger partial charge on any atom is 0.164 e. The first-order valence-corrected chi connectivity index (χ1v) is 7.92. The number of ketones is 1. The second-order valence-corrected chi connectivity index (χ2v) is 6.63. The van der Waals surface area contributed by atoms with Crippen LogP contribution in [-0.2, 0) is 11.8 Å². The molecule has 2 aromatic carbocycles. The first-order chi connectivity index (χ1) is 10.6.